The van der Waals surface area contributed by atoms with Crippen LogP contribution in [-0.4, -0.2) is 0 Å². The van der Waals surface area contributed by atoms with Crippen LogP contribution in [0.4, 0.5) is 0 Å². The molecule has 1 aliphatic carbocycles. The van der Waals surface area contributed by atoms with Gasteiger partial charge in [0, 0.05) is 0 Å². The lowest BCUT2D eigenvalue weighted by atomic mass is 9.76. The van der Waals surface area contributed by atoms with E-state index < -0.39 is 0 Å². The zero-order valence-electron chi connectivity index (χ0n) is 7.77. The molecule has 1 aromatic carbocycles. The summed E-state index contributed by atoms with van der Waals surface area (Å²) >= 11 is 0. The van der Waals surface area contributed by atoms with Crippen LogP contribution in [0.5, 0.6) is 0 Å². The molecule has 2 atom stereocenters. The third-order valence-electron chi connectivity index (χ3n) is 2.82. The molecule has 1 aromatic rings. The van der Waals surface area contributed by atoms with Gasteiger partial charge in [-0.15, -0.1) is 0 Å². The fourth-order valence-corrected chi connectivity index (χ4v) is 2.06. The fraction of sp³-hybridized carbons (Fsp3) is 0.333. The van der Waals surface area contributed by atoms with E-state index in [9.17, 15) is 0 Å². The predicted octanol–water partition coefficient (Wildman–Crippen LogP) is 2.38. The minimum absolute atomic E-state index is 0.130. The van der Waals surface area contributed by atoms with Gasteiger partial charge in [-0.25, -0.2) is 0 Å². The van der Waals surface area contributed by atoms with E-state index in [0.29, 0.717) is 0 Å². The lowest BCUT2D eigenvalue weighted by Gasteiger charge is -2.24. The van der Waals surface area contributed by atoms with E-state index >= 15 is 0 Å². The molecule has 0 amide bonds. The summed E-state index contributed by atoms with van der Waals surface area (Å²) in [7, 11) is 0. The van der Waals surface area contributed by atoms with Gasteiger partial charge in [-0.2, -0.15) is 10.5 Å². The molecule has 0 saturated heterocycles. The summed E-state index contributed by atoms with van der Waals surface area (Å²) in [4.78, 5) is 0. The number of fused-ring (bicyclic) bond motifs is 1. The van der Waals surface area contributed by atoms with Crippen molar-refractivity contribution in [2.75, 3.05) is 0 Å². The Morgan fingerprint density at radius 2 is 1.93 bits per heavy atom. The first-order valence-electron chi connectivity index (χ1n) is 4.74. The summed E-state index contributed by atoms with van der Waals surface area (Å²) in [6.07, 6.45) is 1.73. The van der Waals surface area contributed by atoms with Gasteiger partial charge in [0.15, 0.2) is 0 Å². The SMILES string of the molecule is N#CC1CCc2ccccc2C1C#N. The molecule has 0 aromatic heterocycles. The monoisotopic (exact) mass is 182 g/mol. The molecule has 14 heavy (non-hydrogen) atoms. The number of rotatable bonds is 0. The Bertz CT molecular complexity index is 423. The summed E-state index contributed by atoms with van der Waals surface area (Å²) in [5.41, 5.74) is 2.28. The zero-order chi connectivity index (χ0) is 9.97. The van der Waals surface area contributed by atoms with Gasteiger partial charge < -0.3 is 0 Å². The lowest BCUT2D eigenvalue weighted by molar-refractivity contribution is 0.521. The van der Waals surface area contributed by atoms with Crippen molar-refractivity contribution in [2.24, 2.45) is 5.92 Å². The maximum atomic E-state index is 9.04. The molecule has 1 aliphatic rings. The van der Waals surface area contributed by atoms with Gasteiger partial charge in [-0.05, 0) is 24.0 Å². The molecule has 0 heterocycles. The molecule has 0 N–H and O–H groups in total. The minimum Gasteiger partial charge on any atom is -0.198 e. The van der Waals surface area contributed by atoms with E-state index in [0.717, 1.165) is 18.4 Å². The van der Waals surface area contributed by atoms with E-state index in [1.807, 2.05) is 24.3 Å². The van der Waals surface area contributed by atoms with E-state index in [4.69, 9.17) is 10.5 Å². The van der Waals surface area contributed by atoms with Gasteiger partial charge in [0.05, 0.1) is 24.0 Å². The third kappa shape index (κ3) is 1.26. The molecule has 2 heteroatoms. The first-order valence-corrected chi connectivity index (χ1v) is 4.74. The maximum Gasteiger partial charge on any atom is 0.0873 e. The maximum absolute atomic E-state index is 9.04. The average molecular weight is 182 g/mol. The Balaban J connectivity index is 2.47. The molecule has 68 valence electrons. The Hall–Kier alpha value is -1.80. The smallest absolute Gasteiger partial charge is 0.0873 e. The van der Waals surface area contributed by atoms with Crippen LogP contribution in [0.25, 0.3) is 0 Å². The van der Waals surface area contributed by atoms with Crippen LogP contribution in [0.2, 0.25) is 0 Å². The topological polar surface area (TPSA) is 47.6 Å². The molecular weight excluding hydrogens is 172 g/mol. The van der Waals surface area contributed by atoms with E-state index in [-0.39, 0.29) is 11.8 Å². The third-order valence-corrected chi connectivity index (χ3v) is 2.82. The van der Waals surface area contributed by atoms with Crippen LogP contribution in [0.3, 0.4) is 0 Å². The number of hydrogen-bond acceptors (Lipinski definition) is 2. The summed E-state index contributed by atoms with van der Waals surface area (Å²) in [5.74, 6) is -0.361. The van der Waals surface area contributed by atoms with Crippen LogP contribution in [-0.2, 0) is 6.42 Å². The van der Waals surface area contributed by atoms with E-state index in [1.165, 1.54) is 5.56 Å². The number of nitrogens with zero attached hydrogens (tertiary/aromatic N) is 2. The highest BCUT2D eigenvalue weighted by Gasteiger charge is 2.28. The second kappa shape index (κ2) is 3.52. The van der Waals surface area contributed by atoms with Gasteiger partial charge in [0.2, 0.25) is 0 Å². The van der Waals surface area contributed by atoms with Gasteiger partial charge in [-0.3, -0.25) is 0 Å². The second-order valence-corrected chi connectivity index (χ2v) is 3.58. The number of aryl methyl sites for hydroxylation is 1. The van der Waals surface area contributed by atoms with Crippen molar-refractivity contribution in [3.63, 3.8) is 0 Å². The van der Waals surface area contributed by atoms with Gasteiger partial charge in [0.1, 0.15) is 0 Å². The summed E-state index contributed by atoms with van der Waals surface area (Å²) in [6, 6.07) is 12.4. The Morgan fingerprint density at radius 1 is 1.14 bits per heavy atom. The highest BCUT2D eigenvalue weighted by atomic mass is 14.4. The number of benzene rings is 1. The summed E-state index contributed by atoms with van der Waals surface area (Å²) in [6.45, 7) is 0. The lowest BCUT2D eigenvalue weighted by Crippen LogP contribution is -2.18. The Morgan fingerprint density at radius 3 is 2.64 bits per heavy atom. The normalized spacial score (nSPS) is 24.4. The molecule has 2 nitrogen and oxygen atoms in total. The first kappa shape index (κ1) is 8.78. The Labute approximate surface area is 83.4 Å². The molecule has 2 unspecified atom stereocenters. The largest absolute Gasteiger partial charge is 0.198 e. The quantitative estimate of drug-likeness (QED) is 0.618. The van der Waals surface area contributed by atoms with Crippen molar-refractivity contribution in [1.29, 1.82) is 10.5 Å². The molecule has 0 saturated carbocycles. The standard InChI is InChI=1S/C12H10N2/c13-7-10-6-5-9-3-1-2-4-11(9)12(10)8-14/h1-4,10,12H,5-6H2. The number of hydrogen-bond donors (Lipinski definition) is 0. The van der Waals surface area contributed by atoms with Crippen LogP contribution < -0.4 is 0 Å². The van der Waals surface area contributed by atoms with Gasteiger partial charge >= 0.3 is 0 Å². The van der Waals surface area contributed by atoms with Crippen LogP contribution in [0, 0.1) is 28.6 Å². The molecule has 0 radical (unpaired) electrons. The van der Waals surface area contributed by atoms with Crippen molar-refractivity contribution in [1.82, 2.24) is 0 Å². The fourth-order valence-electron chi connectivity index (χ4n) is 2.06. The average Bonchev–Trinajstić information content (AvgIpc) is 2.27. The summed E-state index contributed by atoms with van der Waals surface area (Å²) in [5, 5.41) is 18.0. The van der Waals surface area contributed by atoms with Crippen molar-refractivity contribution < 1.29 is 0 Å². The van der Waals surface area contributed by atoms with Crippen molar-refractivity contribution >= 4 is 0 Å². The summed E-state index contributed by atoms with van der Waals surface area (Å²) < 4.78 is 0. The highest BCUT2D eigenvalue weighted by molar-refractivity contribution is 5.38. The van der Waals surface area contributed by atoms with Gasteiger partial charge in [-0.1, -0.05) is 24.3 Å². The van der Waals surface area contributed by atoms with E-state index in [1.54, 1.807) is 0 Å². The van der Waals surface area contributed by atoms with Crippen molar-refractivity contribution in [3.05, 3.63) is 35.4 Å². The minimum atomic E-state index is -0.232. The number of nitriles is 2. The zero-order valence-corrected chi connectivity index (χ0v) is 7.77. The molecule has 2 rings (SSSR count). The van der Waals surface area contributed by atoms with Crippen LogP contribution in [0.1, 0.15) is 23.5 Å². The first-order chi connectivity index (χ1) is 6.86. The molecule has 0 spiro atoms. The highest BCUT2D eigenvalue weighted by Crippen LogP contribution is 2.35. The van der Waals surface area contributed by atoms with Crippen LogP contribution >= 0.6 is 0 Å². The molecular formula is C12H10N2. The van der Waals surface area contributed by atoms with Gasteiger partial charge in [0.25, 0.3) is 0 Å². The molecule has 0 bridgehead atoms. The van der Waals surface area contributed by atoms with E-state index in [2.05, 4.69) is 12.1 Å². The molecule has 0 fully saturated rings. The molecule has 0 aliphatic heterocycles. The van der Waals surface area contributed by atoms with Crippen molar-refractivity contribution in [3.8, 4) is 12.1 Å². The predicted molar refractivity (Wildman–Crippen MR) is 52.2 cm³/mol. The van der Waals surface area contributed by atoms with Crippen molar-refractivity contribution in [2.45, 2.75) is 18.8 Å². The Kier molecular flexibility index (Phi) is 2.21. The second-order valence-electron chi connectivity index (χ2n) is 3.58. The van der Waals surface area contributed by atoms with Crippen LogP contribution in [0.15, 0.2) is 24.3 Å².